The molecule has 1 heterocycles. The predicted octanol–water partition coefficient (Wildman–Crippen LogP) is 0.573. The summed E-state index contributed by atoms with van der Waals surface area (Å²) in [5.74, 6) is 5.25. The number of carbonyl (C=O) groups is 1. The monoisotopic (exact) mass is 367 g/mol. The first-order chi connectivity index (χ1) is 11.5. The van der Waals surface area contributed by atoms with E-state index in [4.69, 9.17) is 11.6 Å². The first-order valence-electron chi connectivity index (χ1n) is 7.15. The third-order valence-electron chi connectivity index (χ3n) is 3.29. The van der Waals surface area contributed by atoms with Gasteiger partial charge in [-0.3, -0.25) is 11.6 Å². The standard InChI is InChI=1S/C9H12O3S.C7H9N3O2/c1-6-4-7(2)9(8(3)5-6)13(10,11)12;1-12-7(11)5-2-3-10(9)6(8)4-5/h4-5H,1-3H3,(H,10,11,12);2-4,8H,9H2,1H3. The molecule has 25 heavy (non-hydrogen) atoms. The highest BCUT2D eigenvalue weighted by Crippen LogP contribution is 2.20. The maximum atomic E-state index is 10.9. The van der Waals surface area contributed by atoms with E-state index in [-0.39, 0.29) is 4.90 Å². The van der Waals surface area contributed by atoms with Gasteiger partial charge in [0.2, 0.25) is 0 Å². The normalized spacial score (nSPS) is 10.6. The van der Waals surface area contributed by atoms with Crippen LogP contribution in [0.4, 0.5) is 5.82 Å². The van der Waals surface area contributed by atoms with E-state index in [9.17, 15) is 17.8 Å². The summed E-state index contributed by atoms with van der Waals surface area (Å²) in [6.45, 7) is 5.12. The number of hydrogen-bond acceptors (Lipinski definition) is 7. The fourth-order valence-corrected chi connectivity index (χ4v) is 3.24. The smallest absolute Gasteiger partial charge is 0.338 e. The quantitative estimate of drug-likeness (QED) is 0.342. The minimum absolute atomic E-state index is 0.0851. The van der Waals surface area contributed by atoms with Crippen molar-refractivity contribution in [2.45, 2.75) is 25.7 Å². The Balaban J connectivity index is 0.000000251. The van der Waals surface area contributed by atoms with Gasteiger partial charge in [-0.15, -0.1) is 4.68 Å². The number of methoxy groups -OCH3 is 1. The van der Waals surface area contributed by atoms with E-state index in [2.05, 4.69) is 4.74 Å². The van der Waals surface area contributed by atoms with E-state index in [0.29, 0.717) is 22.5 Å². The van der Waals surface area contributed by atoms with Gasteiger partial charge in [0.05, 0.1) is 17.6 Å². The Hall–Kier alpha value is -2.65. The van der Waals surface area contributed by atoms with Crippen LogP contribution in [0.5, 0.6) is 0 Å². The largest absolute Gasteiger partial charge is 0.744 e. The van der Waals surface area contributed by atoms with Crippen molar-refractivity contribution < 1.29 is 27.2 Å². The maximum absolute atomic E-state index is 10.9. The minimum atomic E-state index is -4.33. The van der Waals surface area contributed by atoms with Crippen molar-refractivity contribution >= 4 is 21.9 Å². The summed E-state index contributed by atoms with van der Waals surface area (Å²) in [5, 5.41) is 0. The molecule has 8 nitrogen and oxygen atoms in total. The lowest BCUT2D eigenvalue weighted by Gasteiger charge is -2.14. The number of nitrogens with two attached hydrogens (primary N) is 2. The highest BCUT2D eigenvalue weighted by atomic mass is 32.2. The van der Waals surface area contributed by atoms with Gasteiger partial charge in [-0.25, -0.2) is 13.2 Å². The van der Waals surface area contributed by atoms with Gasteiger partial charge in [0.25, 0.3) is 5.82 Å². The van der Waals surface area contributed by atoms with Gasteiger partial charge in [0.15, 0.2) is 0 Å². The highest BCUT2D eigenvalue weighted by molar-refractivity contribution is 7.85. The molecule has 0 bridgehead atoms. The minimum Gasteiger partial charge on any atom is -0.744 e. The summed E-state index contributed by atoms with van der Waals surface area (Å²) in [6.07, 6.45) is 1.49. The van der Waals surface area contributed by atoms with Crippen molar-refractivity contribution in [1.29, 1.82) is 0 Å². The van der Waals surface area contributed by atoms with Gasteiger partial charge in [0.1, 0.15) is 16.3 Å². The lowest BCUT2D eigenvalue weighted by atomic mass is 10.1. The van der Waals surface area contributed by atoms with E-state index in [1.165, 1.54) is 30.1 Å². The van der Waals surface area contributed by atoms with Gasteiger partial charge in [-0.2, -0.15) is 0 Å². The molecular formula is C16H21N3O5S. The summed E-state index contributed by atoms with van der Waals surface area (Å²) >= 11 is 0. The second-order valence-electron chi connectivity index (χ2n) is 5.42. The third-order valence-corrected chi connectivity index (χ3v) is 4.44. The highest BCUT2D eigenvalue weighted by Gasteiger charge is 2.10. The number of carbonyl (C=O) groups excluding carboxylic acids is 1. The van der Waals surface area contributed by atoms with Crippen LogP contribution in [0.1, 0.15) is 27.0 Å². The van der Waals surface area contributed by atoms with Gasteiger partial charge in [-0.1, -0.05) is 17.7 Å². The zero-order valence-electron chi connectivity index (χ0n) is 14.4. The average Bonchev–Trinajstić information content (AvgIpc) is 2.47. The fraction of sp³-hybridized carbons (Fsp3) is 0.250. The Labute approximate surface area is 146 Å². The number of ether oxygens (including phenoxy) is 1. The van der Waals surface area contributed by atoms with Crippen LogP contribution in [0.25, 0.3) is 0 Å². The van der Waals surface area contributed by atoms with Gasteiger partial charge >= 0.3 is 5.97 Å². The van der Waals surface area contributed by atoms with E-state index in [1.807, 2.05) is 6.92 Å². The van der Waals surface area contributed by atoms with Crippen LogP contribution in [-0.4, -0.2) is 26.0 Å². The summed E-state index contributed by atoms with van der Waals surface area (Å²) in [5.41, 5.74) is 7.83. The van der Waals surface area contributed by atoms with Crippen LogP contribution in [0.2, 0.25) is 0 Å². The van der Waals surface area contributed by atoms with E-state index >= 15 is 0 Å². The van der Waals surface area contributed by atoms with Gasteiger partial charge in [-0.05, 0) is 38.0 Å². The van der Waals surface area contributed by atoms with Crippen LogP contribution >= 0.6 is 0 Å². The number of anilines is 1. The summed E-state index contributed by atoms with van der Waals surface area (Å²) in [4.78, 5) is 10.9. The zero-order chi connectivity index (χ0) is 19.4. The topological polar surface area (TPSA) is 139 Å². The summed E-state index contributed by atoms with van der Waals surface area (Å²) in [6, 6.07) is 6.36. The zero-order valence-corrected chi connectivity index (χ0v) is 15.3. The summed E-state index contributed by atoms with van der Waals surface area (Å²) in [7, 11) is -3.02. The van der Waals surface area contributed by atoms with E-state index in [0.717, 1.165) is 5.56 Å². The van der Waals surface area contributed by atoms with Crippen molar-refractivity contribution in [3.05, 3.63) is 52.7 Å². The first-order valence-corrected chi connectivity index (χ1v) is 8.56. The molecular weight excluding hydrogens is 346 g/mol. The number of pyridine rings is 1. The molecule has 0 aliphatic carbocycles. The number of rotatable bonds is 2. The number of aryl methyl sites for hydroxylation is 3. The summed E-state index contributed by atoms with van der Waals surface area (Å²) < 4.78 is 38.2. The second kappa shape index (κ2) is 7.95. The Kier molecular flexibility index (Phi) is 6.49. The number of nitrogen functional groups attached to an aromatic ring is 2. The van der Waals surface area contributed by atoms with Crippen LogP contribution < -0.4 is 16.3 Å². The molecule has 0 unspecified atom stereocenters. The van der Waals surface area contributed by atoms with Crippen molar-refractivity contribution in [3.63, 3.8) is 0 Å². The Morgan fingerprint density at radius 2 is 1.68 bits per heavy atom. The van der Waals surface area contributed by atoms with Gasteiger partial charge < -0.3 is 9.29 Å². The van der Waals surface area contributed by atoms with Crippen molar-refractivity contribution in [2.24, 2.45) is 0 Å². The van der Waals surface area contributed by atoms with E-state index < -0.39 is 16.1 Å². The molecule has 0 aliphatic heterocycles. The molecule has 2 aromatic rings. The second-order valence-corrected chi connectivity index (χ2v) is 6.74. The van der Waals surface area contributed by atoms with Crippen molar-refractivity contribution in [1.82, 2.24) is 0 Å². The predicted molar refractivity (Wildman–Crippen MR) is 91.2 cm³/mol. The number of aromatic nitrogens is 1. The number of nitrogens with zero attached hydrogens (tertiary/aromatic N) is 1. The molecule has 0 radical (unpaired) electrons. The molecule has 1 aromatic heterocycles. The number of benzene rings is 1. The molecule has 0 aliphatic rings. The molecule has 136 valence electrons. The SMILES string of the molecule is COC(=O)c1cc[n+](N)c(N)c1.Cc1cc(C)c(S(=O)(=O)[O-])c(C)c1. The molecule has 1 aromatic carbocycles. The molecule has 0 spiro atoms. The van der Waals surface area contributed by atoms with Crippen molar-refractivity contribution in [3.8, 4) is 0 Å². The lowest BCUT2D eigenvalue weighted by molar-refractivity contribution is -0.623. The van der Waals surface area contributed by atoms with Crippen LogP contribution in [0.15, 0.2) is 35.4 Å². The van der Waals surface area contributed by atoms with Crippen LogP contribution in [-0.2, 0) is 14.9 Å². The number of hydrogen-bond donors (Lipinski definition) is 2. The molecule has 0 fully saturated rings. The van der Waals surface area contributed by atoms with Crippen LogP contribution in [0.3, 0.4) is 0 Å². The number of esters is 1. The first kappa shape index (κ1) is 20.4. The molecule has 0 saturated heterocycles. The molecule has 2 rings (SSSR count). The van der Waals surface area contributed by atoms with Gasteiger partial charge in [0, 0.05) is 6.07 Å². The molecule has 0 amide bonds. The van der Waals surface area contributed by atoms with Crippen molar-refractivity contribution in [2.75, 3.05) is 18.7 Å². The molecule has 0 atom stereocenters. The lowest BCUT2D eigenvalue weighted by Crippen LogP contribution is -2.46. The molecule has 4 N–H and O–H groups in total. The Bertz CT molecular complexity index is 872. The van der Waals surface area contributed by atoms with E-state index in [1.54, 1.807) is 26.0 Å². The molecule has 9 heteroatoms. The maximum Gasteiger partial charge on any atom is 0.338 e. The Morgan fingerprint density at radius 1 is 1.16 bits per heavy atom. The fourth-order valence-electron chi connectivity index (χ4n) is 2.33. The third kappa shape index (κ3) is 5.44. The van der Waals surface area contributed by atoms with Crippen LogP contribution in [0, 0.1) is 20.8 Å². The average molecular weight is 367 g/mol. The Morgan fingerprint density at radius 3 is 2.08 bits per heavy atom. The molecule has 0 saturated carbocycles.